The fraction of sp³-hybridized carbons (Fsp3) is 0.588. The zero-order chi connectivity index (χ0) is 14.8. The van der Waals surface area contributed by atoms with Crippen molar-refractivity contribution in [3.63, 3.8) is 0 Å². The summed E-state index contributed by atoms with van der Waals surface area (Å²) in [5.41, 5.74) is 8.12. The van der Waals surface area contributed by atoms with Crippen molar-refractivity contribution < 1.29 is 4.79 Å². The molecule has 21 heavy (non-hydrogen) atoms. The van der Waals surface area contributed by atoms with Crippen LogP contribution in [0.3, 0.4) is 0 Å². The third kappa shape index (κ3) is 2.99. The summed E-state index contributed by atoms with van der Waals surface area (Å²) < 4.78 is 0. The molecule has 1 aromatic carbocycles. The Morgan fingerprint density at radius 1 is 1.33 bits per heavy atom. The third-order valence-corrected chi connectivity index (χ3v) is 5.06. The van der Waals surface area contributed by atoms with Gasteiger partial charge in [-0.25, -0.2) is 0 Å². The molecule has 0 saturated heterocycles. The molecular weight excluding hydrogens is 262 g/mol. The number of rotatable bonds is 5. The first-order valence-corrected chi connectivity index (χ1v) is 8.09. The average Bonchev–Trinajstić information content (AvgIpc) is 3.08. The summed E-state index contributed by atoms with van der Waals surface area (Å²) in [5, 5.41) is 6.34. The van der Waals surface area contributed by atoms with Crippen molar-refractivity contribution in [1.29, 1.82) is 0 Å². The van der Waals surface area contributed by atoms with E-state index in [4.69, 9.17) is 5.73 Å². The minimum atomic E-state index is -0.0343. The molecule has 0 aromatic heterocycles. The number of anilines is 2. The highest BCUT2D eigenvalue weighted by Gasteiger charge is 2.39. The summed E-state index contributed by atoms with van der Waals surface area (Å²) in [6, 6.07) is 5.47. The number of nitrogens with two attached hydrogens (primary N) is 1. The van der Waals surface area contributed by atoms with Gasteiger partial charge in [0.1, 0.15) is 0 Å². The van der Waals surface area contributed by atoms with Crippen LogP contribution in [0, 0.1) is 17.8 Å². The Morgan fingerprint density at radius 3 is 2.86 bits per heavy atom. The Kier molecular flexibility index (Phi) is 4.04. The highest BCUT2D eigenvalue weighted by molar-refractivity contribution is 6.00. The summed E-state index contributed by atoms with van der Waals surface area (Å²) >= 11 is 0. The standard InChI is InChI=1S/C17H25N3O/c1-2-19-17(21)15-6-5-14(18)9-16(15)20-10-13-8-11-3-4-12(13)7-11/h5-6,9,11-13,20H,2-4,7-8,10,18H2,1H3,(H,19,21). The van der Waals surface area contributed by atoms with Crippen LogP contribution in [0.1, 0.15) is 43.0 Å². The zero-order valence-corrected chi connectivity index (χ0v) is 12.7. The predicted octanol–water partition coefficient (Wildman–Crippen LogP) is 2.87. The molecule has 0 heterocycles. The van der Waals surface area contributed by atoms with Crippen LogP contribution in [0.4, 0.5) is 11.4 Å². The Labute approximate surface area is 126 Å². The summed E-state index contributed by atoms with van der Waals surface area (Å²) in [6.07, 6.45) is 5.56. The molecule has 114 valence electrons. The molecule has 2 aliphatic carbocycles. The molecule has 2 bridgehead atoms. The number of carbonyl (C=O) groups excluding carboxylic acids is 1. The van der Waals surface area contributed by atoms with Crippen molar-refractivity contribution in [2.24, 2.45) is 17.8 Å². The van der Waals surface area contributed by atoms with Crippen LogP contribution in [0.25, 0.3) is 0 Å². The van der Waals surface area contributed by atoms with Gasteiger partial charge in [-0.3, -0.25) is 4.79 Å². The van der Waals surface area contributed by atoms with Gasteiger partial charge in [-0.05, 0) is 62.1 Å². The first-order valence-electron chi connectivity index (χ1n) is 8.09. The first-order chi connectivity index (χ1) is 10.2. The lowest BCUT2D eigenvalue weighted by Gasteiger charge is -2.23. The molecular formula is C17H25N3O. The van der Waals surface area contributed by atoms with Crippen molar-refractivity contribution in [3.8, 4) is 0 Å². The van der Waals surface area contributed by atoms with Crippen molar-refractivity contribution >= 4 is 17.3 Å². The van der Waals surface area contributed by atoms with Crippen LogP contribution in [0.5, 0.6) is 0 Å². The van der Waals surface area contributed by atoms with Crippen LogP contribution < -0.4 is 16.4 Å². The molecule has 3 rings (SSSR count). The van der Waals surface area contributed by atoms with E-state index in [1.807, 2.05) is 19.1 Å². The number of hydrogen-bond acceptors (Lipinski definition) is 3. The van der Waals surface area contributed by atoms with E-state index < -0.39 is 0 Å². The van der Waals surface area contributed by atoms with Crippen LogP contribution >= 0.6 is 0 Å². The van der Waals surface area contributed by atoms with Crippen molar-refractivity contribution in [2.45, 2.75) is 32.6 Å². The van der Waals surface area contributed by atoms with Crippen LogP contribution in [-0.4, -0.2) is 19.0 Å². The van der Waals surface area contributed by atoms with Gasteiger partial charge in [0.05, 0.1) is 5.56 Å². The SMILES string of the molecule is CCNC(=O)c1ccc(N)cc1NCC1CC2CCC1C2. The second kappa shape index (κ2) is 5.96. The second-order valence-corrected chi connectivity index (χ2v) is 6.48. The number of hydrogen-bond donors (Lipinski definition) is 3. The fourth-order valence-corrected chi connectivity index (χ4v) is 4.03. The smallest absolute Gasteiger partial charge is 0.253 e. The molecule has 0 radical (unpaired) electrons. The van der Waals surface area contributed by atoms with Gasteiger partial charge in [-0.15, -0.1) is 0 Å². The molecule has 0 spiro atoms. The lowest BCUT2D eigenvalue weighted by atomic mass is 9.89. The predicted molar refractivity (Wildman–Crippen MR) is 86.3 cm³/mol. The topological polar surface area (TPSA) is 67.2 Å². The lowest BCUT2D eigenvalue weighted by molar-refractivity contribution is 0.0956. The zero-order valence-electron chi connectivity index (χ0n) is 12.7. The fourth-order valence-electron chi connectivity index (χ4n) is 4.03. The van der Waals surface area contributed by atoms with Crippen LogP contribution in [-0.2, 0) is 0 Å². The lowest BCUT2D eigenvalue weighted by Crippen LogP contribution is -2.25. The van der Waals surface area contributed by atoms with Gasteiger partial charge in [0.25, 0.3) is 5.91 Å². The number of fused-ring (bicyclic) bond motifs is 2. The van der Waals surface area contributed by atoms with E-state index >= 15 is 0 Å². The summed E-state index contributed by atoms with van der Waals surface area (Å²) in [6.45, 7) is 3.52. The molecule has 4 nitrogen and oxygen atoms in total. The molecule has 3 atom stereocenters. The maximum Gasteiger partial charge on any atom is 0.253 e. The first kappa shape index (κ1) is 14.2. The largest absolute Gasteiger partial charge is 0.399 e. The molecule has 4 heteroatoms. The van der Waals surface area contributed by atoms with E-state index in [0.717, 1.165) is 30.0 Å². The van der Waals surface area contributed by atoms with Gasteiger partial charge in [0.15, 0.2) is 0 Å². The van der Waals surface area contributed by atoms with E-state index in [2.05, 4.69) is 10.6 Å². The number of nitrogens with one attached hydrogen (secondary N) is 2. The molecule has 2 fully saturated rings. The molecule has 0 aliphatic heterocycles. The Bertz CT molecular complexity index is 529. The van der Waals surface area contributed by atoms with E-state index in [1.165, 1.54) is 25.7 Å². The molecule has 2 saturated carbocycles. The molecule has 2 aliphatic rings. The molecule has 3 unspecified atom stereocenters. The van der Waals surface area contributed by atoms with Crippen LogP contribution in [0.2, 0.25) is 0 Å². The van der Waals surface area contributed by atoms with E-state index in [1.54, 1.807) is 6.07 Å². The quantitative estimate of drug-likeness (QED) is 0.729. The van der Waals surface area contributed by atoms with Gasteiger partial charge < -0.3 is 16.4 Å². The monoisotopic (exact) mass is 287 g/mol. The number of nitrogen functional groups attached to an aromatic ring is 1. The van der Waals surface area contributed by atoms with E-state index in [9.17, 15) is 4.79 Å². The number of benzene rings is 1. The molecule has 1 amide bonds. The average molecular weight is 287 g/mol. The van der Waals surface area contributed by atoms with Gasteiger partial charge in [0.2, 0.25) is 0 Å². The highest BCUT2D eigenvalue weighted by atomic mass is 16.1. The molecule has 4 N–H and O–H groups in total. The minimum absolute atomic E-state index is 0.0343. The van der Waals surface area contributed by atoms with E-state index in [-0.39, 0.29) is 5.91 Å². The Balaban J connectivity index is 1.69. The van der Waals surface area contributed by atoms with Gasteiger partial charge >= 0.3 is 0 Å². The number of carbonyl (C=O) groups is 1. The number of amides is 1. The summed E-state index contributed by atoms with van der Waals surface area (Å²) in [4.78, 5) is 12.1. The van der Waals surface area contributed by atoms with Crippen molar-refractivity contribution in [3.05, 3.63) is 23.8 Å². The Morgan fingerprint density at radius 2 is 2.19 bits per heavy atom. The summed E-state index contributed by atoms with van der Waals surface area (Å²) in [7, 11) is 0. The van der Waals surface area contributed by atoms with Crippen LogP contribution in [0.15, 0.2) is 18.2 Å². The molecule has 1 aromatic rings. The van der Waals surface area contributed by atoms with E-state index in [0.29, 0.717) is 17.8 Å². The maximum absolute atomic E-state index is 12.1. The van der Waals surface area contributed by atoms with Gasteiger partial charge in [-0.1, -0.05) is 6.42 Å². The van der Waals surface area contributed by atoms with Crippen molar-refractivity contribution in [1.82, 2.24) is 5.32 Å². The minimum Gasteiger partial charge on any atom is -0.399 e. The van der Waals surface area contributed by atoms with Gasteiger partial charge in [-0.2, -0.15) is 0 Å². The normalized spacial score (nSPS) is 26.8. The third-order valence-electron chi connectivity index (χ3n) is 5.06. The summed E-state index contributed by atoms with van der Waals surface area (Å²) in [5.74, 6) is 2.56. The maximum atomic E-state index is 12.1. The van der Waals surface area contributed by atoms with Crippen molar-refractivity contribution in [2.75, 3.05) is 24.1 Å². The van der Waals surface area contributed by atoms with Gasteiger partial charge in [0, 0.05) is 24.5 Å². The highest BCUT2D eigenvalue weighted by Crippen LogP contribution is 2.48. The second-order valence-electron chi connectivity index (χ2n) is 6.48. The Hall–Kier alpha value is -1.71.